The van der Waals surface area contributed by atoms with E-state index in [-0.39, 0.29) is 6.54 Å². The van der Waals surface area contributed by atoms with Crippen LogP contribution in [0, 0.1) is 0 Å². The molecule has 0 saturated carbocycles. The molecule has 0 spiro atoms. The molecule has 0 aromatic rings. The van der Waals surface area contributed by atoms with Crippen LogP contribution in [0.4, 0.5) is 0 Å². The number of carboxylic acids is 1. The average Bonchev–Trinajstić information content (AvgIpc) is 3.03. The fraction of sp³-hybridized carbons (Fsp3) is 0.739. The molecule has 0 bridgehead atoms. The summed E-state index contributed by atoms with van der Waals surface area (Å²) in [7, 11) is 0. The summed E-state index contributed by atoms with van der Waals surface area (Å²) in [6, 6.07) is 0. The summed E-state index contributed by atoms with van der Waals surface area (Å²) in [5, 5.41) is 9.23. The summed E-state index contributed by atoms with van der Waals surface area (Å²) in [5.41, 5.74) is 5.71. The molecule has 0 fully saturated rings. The predicted octanol–water partition coefficient (Wildman–Crippen LogP) is 5.38. The van der Waals surface area contributed by atoms with Crippen LogP contribution in [0.2, 0.25) is 0 Å². The topological polar surface area (TPSA) is 75.7 Å². The van der Waals surface area contributed by atoms with E-state index in [1.54, 1.807) is 6.20 Å². The van der Waals surface area contributed by atoms with Gasteiger partial charge in [-0.1, -0.05) is 64.0 Å². The van der Waals surface area contributed by atoms with Gasteiger partial charge in [0, 0.05) is 13.0 Å². The van der Waals surface area contributed by atoms with Crippen molar-refractivity contribution in [2.45, 2.75) is 90.4 Å². The number of aliphatic imine (C=N–C) groups is 1. The number of hydrogen-bond acceptors (Lipinski definition) is 3. The molecule has 1 heterocycles. The van der Waals surface area contributed by atoms with Crippen molar-refractivity contribution in [1.29, 1.82) is 0 Å². The van der Waals surface area contributed by atoms with E-state index >= 15 is 0 Å². The van der Waals surface area contributed by atoms with Gasteiger partial charge in [0.2, 0.25) is 5.84 Å². The number of carboxylic acid groups (broad SMARTS) is 1. The van der Waals surface area contributed by atoms with Crippen molar-refractivity contribution in [3.8, 4) is 0 Å². The quantitative estimate of drug-likeness (QED) is 0.187. The van der Waals surface area contributed by atoms with Gasteiger partial charge >= 0.3 is 5.97 Å². The van der Waals surface area contributed by atoms with Crippen molar-refractivity contribution in [3.63, 3.8) is 0 Å². The zero-order valence-corrected chi connectivity index (χ0v) is 18.0. The zero-order valence-electron chi connectivity index (χ0n) is 18.0. The predicted molar refractivity (Wildman–Crippen MR) is 118 cm³/mol. The molecule has 1 atom stereocenters. The minimum Gasteiger partial charge on any atom is -0.477 e. The molecule has 3 N–H and O–H groups in total. The van der Waals surface area contributed by atoms with Crippen molar-refractivity contribution in [2.75, 3.05) is 19.6 Å². The van der Waals surface area contributed by atoms with Crippen molar-refractivity contribution in [3.05, 3.63) is 24.6 Å². The molecule has 0 aromatic heterocycles. The summed E-state index contributed by atoms with van der Waals surface area (Å²) in [4.78, 5) is 15.7. The van der Waals surface area contributed by atoms with Gasteiger partial charge in [-0.2, -0.15) is 0 Å². The van der Waals surface area contributed by atoms with Crippen LogP contribution in [0.15, 0.2) is 29.5 Å². The van der Waals surface area contributed by atoms with Crippen molar-refractivity contribution < 1.29 is 14.4 Å². The van der Waals surface area contributed by atoms with Gasteiger partial charge in [0.1, 0.15) is 12.7 Å². The minimum atomic E-state index is -0.807. The van der Waals surface area contributed by atoms with Gasteiger partial charge in [-0.05, 0) is 32.1 Å². The highest BCUT2D eigenvalue weighted by Gasteiger charge is 2.36. The van der Waals surface area contributed by atoms with Gasteiger partial charge in [-0.15, -0.1) is 0 Å². The Bertz CT molecular complexity index is 514. The SMILES string of the molecule is CCCCCCCCC/C=C/CCCCCC1=NC=C[N+]1(CCN)CC(=O)O. The number of allylic oxidation sites excluding steroid dienone is 2. The van der Waals surface area contributed by atoms with Crippen molar-refractivity contribution >= 4 is 11.8 Å². The molecule has 0 aliphatic carbocycles. The summed E-state index contributed by atoms with van der Waals surface area (Å²) < 4.78 is 0.296. The molecule has 5 nitrogen and oxygen atoms in total. The summed E-state index contributed by atoms with van der Waals surface area (Å²) in [5.74, 6) is 0.140. The Morgan fingerprint density at radius 3 is 2.25 bits per heavy atom. The third-order valence-electron chi connectivity index (χ3n) is 5.45. The zero-order chi connectivity index (χ0) is 20.5. The van der Waals surface area contributed by atoms with E-state index in [4.69, 9.17) is 5.73 Å². The van der Waals surface area contributed by atoms with E-state index in [0.29, 0.717) is 17.6 Å². The summed E-state index contributed by atoms with van der Waals surface area (Å²) in [6.07, 6.45) is 24.4. The van der Waals surface area contributed by atoms with E-state index in [1.165, 1.54) is 57.8 Å². The number of nitrogens with zero attached hydrogens (tertiary/aromatic N) is 2. The van der Waals surface area contributed by atoms with E-state index in [1.807, 2.05) is 6.20 Å². The number of nitrogens with two attached hydrogens (primary N) is 1. The number of hydrogen-bond donors (Lipinski definition) is 2. The fourth-order valence-corrected chi connectivity index (χ4v) is 3.81. The number of carbonyl (C=O) groups is 1. The first-order valence-electron chi connectivity index (χ1n) is 11.3. The lowest BCUT2D eigenvalue weighted by molar-refractivity contribution is -0.778. The van der Waals surface area contributed by atoms with Crippen LogP contribution in [0.3, 0.4) is 0 Å². The van der Waals surface area contributed by atoms with Crippen molar-refractivity contribution in [2.24, 2.45) is 10.7 Å². The average molecular weight is 393 g/mol. The van der Waals surface area contributed by atoms with E-state index in [9.17, 15) is 9.90 Å². The number of quaternary nitrogens is 1. The molecule has 0 saturated heterocycles. The molecule has 28 heavy (non-hydrogen) atoms. The second-order valence-electron chi connectivity index (χ2n) is 7.92. The van der Waals surface area contributed by atoms with Crippen LogP contribution in [0.25, 0.3) is 0 Å². The van der Waals surface area contributed by atoms with Gasteiger partial charge in [0.25, 0.3) is 0 Å². The minimum absolute atomic E-state index is 0.0356. The van der Waals surface area contributed by atoms with Gasteiger partial charge in [-0.3, -0.25) is 0 Å². The Balaban J connectivity index is 2.08. The molecule has 160 valence electrons. The molecular weight excluding hydrogens is 350 g/mol. The second-order valence-corrected chi connectivity index (χ2v) is 7.92. The first-order valence-corrected chi connectivity index (χ1v) is 11.3. The van der Waals surface area contributed by atoms with Gasteiger partial charge in [0.15, 0.2) is 6.54 Å². The lowest BCUT2D eigenvalue weighted by Gasteiger charge is -2.30. The third-order valence-corrected chi connectivity index (χ3v) is 5.45. The standard InChI is InChI=1S/C23H41N3O2/c1-2-3-4-5-6-7-8-9-10-11-12-13-14-15-16-22-25-18-20-26(22,19-17-24)21-23(27)28/h10-11,18,20H,2-9,12-17,19,21,24H2,1H3/p+1/b11-10+. The van der Waals surface area contributed by atoms with Crippen LogP contribution in [-0.4, -0.2) is 41.0 Å². The fourth-order valence-electron chi connectivity index (χ4n) is 3.81. The molecule has 1 aliphatic rings. The number of aliphatic carboxylic acids is 1. The van der Waals surface area contributed by atoms with Crippen molar-refractivity contribution in [1.82, 2.24) is 0 Å². The molecule has 0 aromatic carbocycles. The lowest BCUT2D eigenvalue weighted by Crippen LogP contribution is -2.52. The Labute approximate surface area is 172 Å². The van der Waals surface area contributed by atoms with E-state index < -0.39 is 5.97 Å². The molecular formula is C23H42N3O2+. The highest BCUT2D eigenvalue weighted by Crippen LogP contribution is 2.21. The Morgan fingerprint density at radius 2 is 1.64 bits per heavy atom. The van der Waals surface area contributed by atoms with Crippen LogP contribution in [0.5, 0.6) is 0 Å². The Hall–Kier alpha value is -1.46. The highest BCUT2D eigenvalue weighted by molar-refractivity contribution is 5.81. The molecule has 0 radical (unpaired) electrons. The molecule has 1 rings (SSSR count). The molecule has 1 unspecified atom stereocenters. The highest BCUT2D eigenvalue weighted by atomic mass is 16.4. The maximum atomic E-state index is 11.2. The van der Waals surface area contributed by atoms with E-state index in [0.717, 1.165) is 31.5 Å². The second kappa shape index (κ2) is 15.5. The molecule has 0 amide bonds. The van der Waals surface area contributed by atoms with Gasteiger partial charge < -0.3 is 10.8 Å². The summed E-state index contributed by atoms with van der Waals surface area (Å²) in [6.45, 7) is 3.36. The molecule has 5 heteroatoms. The normalized spacial score (nSPS) is 18.9. The van der Waals surface area contributed by atoms with Gasteiger partial charge in [0.05, 0.1) is 6.20 Å². The maximum absolute atomic E-state index is 11.2. The Morgan fingerprint density at radius 1 is 1.04 bits per heavy atom. The number of unbranched alkanes of at least 4 members (excludes halogenated alkanes) is 10. The van der Waals surface area contributed by atoms with Crippen LogP contribution in [-0.2, 0) is 4.79 Å². The maximum Gasteiger partial charge on any atom is 0.360 e. The third kappa shape index (κ3) is 10.2. The smallest absolute Gasteiger partial charge is 0.360 e. The first-order chi connectivity index (χ1) is 13.6. The monoisotopic (exact) mass is 392 g/mol. The van der Waals surface area contributed by atoms with Crippen LogP contribution in [0.1, 0.15) is 90.4 Å². The Kier molecular flexibility index (Phi) is 13.6. The number of rotatable bonds is 18. The van der Waals surface area contributed by atoms with E-state index in [2.05, 4.69) is 24.1 Å². The summed E-state index contributed by atoms with van der Waals surface area (Å²) >= 11 is 0. The largest absolute Gasteiger partial charge is 0.477 e. The first kappa shape index (κ1) is 24.6. The lowest BCUT2D eigenvalue weighted by atomic mass is 10.1. The molecule has 1 aliphatic heterocycles. The number of amidine groups is 1. The van der Waals surface area contributed by atoms with Crippen LogP contribution >= 0.6 is 0 Å². The van der Waals surface area contributed by atoms with Crippen LogP contribution < -0.4 is 5.73 Å². The van der Waals surface area contributed by atoms with Gasteiger partial charge in [-0.25, -0.2) is 14.3 Å².